The number of aliphatic hydroxyl groups excluding tert-OH is 1. The second kappa shape index (κ2) is 15.0. The van der Waals surface area contributed by atoms with Crippen LogP contribution in [0.2, 0.25) is 0 Å². The van der Waals surface area contributed by atoms with E-state index >= 15 is 0 Å². The number of benzene rings is 3. The standard InChI is InChI=1S/C40H47N3O6/c1-4-23-41(30-17-19-32(20-18-30)48-6-3)37(45)34-33-21-22-40(49-33)35(34)38(46)43(25-11-7-8-12-26-44)36(40)39(47)42(24-5-2)31-16-15-28-13-9-10-14-29(28)27-31/h4-5,9-10,13-20,27,33-36,44H,1-2,6-8,11-12,21-26H2,3H3/t33-,34+,35+,36?,40?/m1/s1. The fraction of sp³-hybridized carbons (Fsp3) is 0.425. The van der Waals surface area contributed by atoms with Crippen molar-refractivity contribution < 1.29 is 29.0 Å². The van der Waals surface area contributed by atoms with Crippen molar-refractivity contribution in [2.24, 2.45) is 11.8 Å². The summed E-state index contributed by atoms with van der Waals surface area (Å²) in [7, 11) is 0. The van der Waals surface area contributed by atoms with Gasteiger partial charge in [-0.1, -0.05) is 55.3 Å². The van der Waals surface area contributed by atoms with Crippen molar-refractivity contribution in [3.05, 3.63) is 92.0 Å². The molecule has 3 aromatic rings. The zero-order valence-corrected chi connectivity index (χ0v) is 28.3. The largest absolute Gasteiger partial charge is 0.494 e. The van der Waals surface area contributed by atoms with E-state index < -0.39 is 29.6 Å². The molecule has 258 valence electrons. The maximum Gasteiger partial charge on any atom is 0.253 e. The van der Waals surface area contributed by atoms with Gasteiger partial charge in [0.2, 0.25) is 11.8 Å². The lowest BCUT2D eigenvalue weighted by atomic mass is 9.70. The zero-order chi connectivity index (χ0) is 34.5. The molecule has 0 aliphatic carbocycles. The molecular weight excluding hydrogens is 618 g/mol. The molecule has 3 amide bonds. The lowest BCUT2D eigenvalue weighted by Gasteiger charge is -2.37. The van der Waals surface area contributed by atoms with Crippen LogP contribution in [0, 0.1) is 11.8 Å². The monoisotopic (exact) mass is 665 g/mol. The highest BCUT2D eigenvalue weighted by Crippen LogP contribution is 2.59. The summed E-state index contributed by atoms with van der Waals surface area (Å²) in [4.78, 5) is 49.2. The van der Waals surface area contributed by atoms with Gasteiger partial charge in [0.25, 0.3) is 5.91 Å². The van der Waals surface area contributed by atoms with Crippen molar-refractivity contribution in [3.63, 3.8) is 0 Å². The molecule has 5 atom stereocenters. The van der Waals surface area contributed by atoms with E-state index in [0.29, 0.717) is 56.0 Å². The average molecular weight is 666 g/mol. The Balaban J connectivity index is 1.36. The predicted octanol–water partition coefficient (Wildman–Crippen LogP) is 5.90. The maximum atomic E-state index is 15.0. The Hall–Kier alpha value is -4.47. The van der Waals surface area contributed by atoms with Crippen molar-refractivity contribution in [2.75, 3.05) is 42.6 Å². The number of fused-ring (bicyclic) bond motifs is 2. The number of anilines is 2. The third kappa shape index (κ3) is 6.37. The Labute approximate surface area is 288 Å². The molecule has 2 bridgehead atoms. The number of carbonyl (C=O) groups is 3. The van der Waals surface area contributed by atoms with E-state index in [4.69, 9.17) is 9.47 Å². The van der Waals surface area contributed by atoms with Crippen molar-refractivity contribution >= 4 is 39.9 Å². The maximum absolute atomic E-state index is 15.0. The Bertz CT molecular complexity index is 1690. The van der Waals surface area contributed by atoms with Gasteiger partial charge in [-0.3, -0.25) is 14.4 Å². The Morgan fingerprint density at radius 3 is 2.31 bits per heavy atom. The van der Waals surface area contributed by atoms with E-state index in [1.165, 1.54) is 0 Å². The van der Waals surface area contributed by atoms with Gasteiger partial charge in [-0.2, -0.15) is 0 Å². The van der Waals surface area contributed by atoms with Crippen LogP contribution in [0.4, 0.5) is 11.4 Å². The van der Waals surface area contributed by atoms with Gasteiger partial charge in [0.1, 0.15) is 17.4 Å². The van der Waals surface area contributed by atoms with E-state index in [1.807, 2.05) is 73.7 Å². The van der Waals surface area contributed by atoms with Crippen LogP contribution in [0.25, 0.3) is 10.8 Å². The van der Waals surface area contributed by atoms with Gasteiger partial charge < -0.3 is 29.3 Å². The first-order valence-corrected chi connectivity index (χ1v) is 17.5. The summed E-state index contributed by atoms with van der Waals surface area (Å²) < 4.78 is 12.4. The van der Waals surface area contributed by atoms with Crippen molar-refractivity contribution in [2.45, 2.75) is 63.2 Å². The van der Waals surface area contributed by atoms with E-state index in [0.717, 1.165) is 23.6 Å². The van der Waals surface area contributed by atoms with Gasteiger partial charge in [-0.15, -0.1) is 13.2 Å². The quantitative estimate of drug-likeness (QED) is 0.151. The lowest BCUT2D eigenvalue weighted by Crippen LogP contribution is -2.56. The van der Waals surface area contributed by atoms with Crippen molar-refractivity contribution in [3.8, 4) is 5.75 Å². The molecule has 3 fully saturated rings. The molecule has 3 aliphatic heterocycles. The van der Waals surface area contributed by atoms with Crippen LogP contribution in [0.1, 0.15) is 45.4 Å². The smallest absolute Gasteiger partial charge is 0.253 e. The number of amides is 3. The summed E-state index contributed by atoms with van der Waals surface area (Å²) in [5, 5.41) is 11.4. The number of hydrogen-bond donors (Lipinski definition) is 1. The molecule has 3 aliphatic rings. The molecule has 0 saturated carbocycles. The summed E-state index contributed by atoms with van der Waals surface area (Å²) in [6.45, 7) is 11.3. The number of unbranched alkanes of at least 4 members (excludes halogenated alkanes) is 3. The SMILES string of the molecule is C=CCN(C(=O)C1N(CCCCCCO)C(=O)[C@@H]2[C@@H](C(=O)N(CC=C)c3ccc(OCC)cc3)[C@H]3CCC12O3)c1ccc2ccccc2c1. The first-order chi connectivity index (χ1) is 23.9. The number of hydrogen-bond acceptors (Lipinski definition) is 6. The van der Waals surface area contributed by atoms with Crippen molar-refractivity contribution in [1.29, 1.82) is 0 Å². The topological polar surface area (TPSA) is 99.6 Å². The normalized spacial score (nSPS) is 23.8. The number of carbonyl (C=O) groups excluding carboxylic acids is 3. The lowest BCUT2D eigenvalue weighted by molar-refractivity contribution is -0.140. The van der Waals surface area contributed by atoms with Gasteiger partial charge >= 0.3 is 0 Å². The number of likely N-dealkylation sites (tertiary alicyclic amines) is 1. The molecule has 0 aromatic heterocycles. The van der Waals surface area contributed by atoms with Crippen LogP contribution in [-0.2, 0) is 19.1 Å². The van der Waals surface area contributed by atoms with Gasteiger partial charge in [0, 0.05) is 37.6 Å². The molecule has 3 aromatic carbocycles. The van der Waals surface area contributed by atoms with Crippen LogP contribution in [0.15, 0.2) is 92.0 Å². The Morgan fingerprint density at radius 2 is 1.61 bits per heavy atom. The van der Waals surface area contributed by atoms with Gasteiger partial charge in [-0.05, 0) is 79.8 Å². The highest BCUT2D eigenvalue weighted by Gasteiger charge is 2.75. The van der Waals surface area contributed by atoms with E-state index in [1.54, 1.807) is 26.9 Å². The van der Waals surface area contributed by atoms with Gasteiger partial charge in [0.15, 0.2) is 0 Å². The number of rotatable bonds is 16. The summed E-state index contributed by atoms with van der Waals surface area (Å²) >= 11 is 0. The minimum Gasteiger partial charge on any atom is -0.494 e. The summed E-state index contributed by atoms with van der Waals surface area (Å²) in [5.41, 5.74) is 0.267. The van der Waals surface area contributed by atoms with E-state index in [9.17, 15) is 19.5 Å². The van der Waals surface area contributed by atoms with Crippen LogP contribution in [0.5, 0.6) is 5.75 Å². The molecule has 6 rings (SSSR count). The molecule has 2 unspecified atom stereocenters. The van der Waals surface area contributed by atoms with Gasteiger partial charge in [0.05, 0.1) is 24.5 Å². The molecule has 9 nitrogen and oxygen atoms in total. The fourth-order valence-corrected chi connectivity index (χ4v) is 8.17. The van der Waals surface area contributed by atoms with Crippen LogP contribution in [-0.4, -0.2) is 78.3 Å². The average Bonchev–Trinajstić information content (AvgIpc) is 3.76. The Morgan fingerprint density at radius 1 is 0.939 bits per heavy atom. The highest BCUT2D eigenvalue weighted by atomic mass is 16.5. The molecule has 9 heteroatoms. The number of ether oxygens (including phenoxy) is 2. The van der Waals surface area contributed by atoms with Crippen LogP contribution in [0.3, 0.4) is 0 Å². The van der Waals surface area contributed by atoms with E-state index in [-0.39, 0.29) is 37.4 Å². The minimum atomic E-state index is -1.13. The molecule has 3 saturated heterocycles. The Kier molecular flexibility index (Phi) is 10.5. The first-order valence-electron chi connectivity index (χ1n) is 17.5. The second-order valence-electron chi connectivity index (χ2n) is 13.2. The molecule has 1 N–H and O–H groups in total. The second-order valence-corrected chi connectivity index (χ2v) is 13.2. The number of aliphatic hydroxyl groups is 1. The van der Waals surface area contributed by atoms with Gasteiger partial charge in [-0.25, -0.2) is 0 Å². The molecule has 3 heterocycles. The summed E-state index contributed by atoms with van der Waals surface area (Å²) in [6.07, 6.45) is 6.97. The number of nitrogens with zero attached hydrogens (tertiary/aromatic N) is 3. The highest BCUT2D eigenvalue weighted by molar-refractivity contribution is 6.07. The summed E-state index contributed by atoms with van der Waals surface area (Å²) in [6, 6.07) is 20.4. The predicted molar refractivity (Wildman–Crippen MR) is 192 cm³/mol. The summed E-state index contributed by atoms with van der Waals surface area (Å²) in [5.74, 6) is -1.47. The van der Waals surface area contributed by atoms with Crippen LogP contribution >= 0.6 is 0 Å². The van der Waals surface area contributed by atoms with E-state index in [2.05, 4.69) is 13.2 Å². The van der Waals surface area contributed by atoms with Crippen LogP contribution < -0.4 is 14.5 Å². The minimum absolute atomic E-state index is 0.117. The third-order valence-electron chi connectivity index (χ3n) is 10.3. The fourth-order valence-electron chi connectivity index (χ4n) is 8.17. The molecule has 0 radical (unpaired) electrons. The molecule has 1 spiro atoms. The molecular formula is C40H47N3O6. The first kappa shape index (κ1) is 34.4. The zero-order valence-electron chi connectivity index (χ0n) is 28.3. The molecule has 49 heavy (non-hydrogen) atoms. The van der Waals surface area contributed by atoms with Crippen molar-refractivity contribution in [1.82, 2.24) is 4.90 Å². The third-order valence-corrected chi connectivity index (χ3v) is 10.3.